The first kappa shape index (κ1) is 25.5. The molecule has 1 aromatic carbocycles. The minimum Gasteiger partial charge on any atom is -0.195 e. The molecule has 0 bridgehead atoms. The SMILES string of the molecule is N#CC(F)=CC=CCC[C@H]1CC[C@H](CC[C@H]2CC[C@H](c3ccc(C(F)(F)F)cc3)CC2)CC1. The van der Waals surface area contributed by atoms with Crippen molar-refractivity contribution in [3.05, 3.63) is 59.4 Å². The van der Waals surface area contributed by atoms with Gasteiger partial charge in [0.1, 0.15) is 6.07 Å². The molecule has 0 heterocycles. The molecule has 0 unspecified atom stereocenters. The Labute approximate surface area is 195 Å². The summed E-state index contributed by atoms with van der Waals surface area (Å²) >= 11 is 0. The maximum absolute atomic E-state index is 12.8. The van der Waals surface area contributed by atoms with Gasteiger partial charge in [0.05, 0.1) is 5.56 Å². The van der Waals surface area contributed by atoms with Gasteiger partial charge in [-0.1, -0.05) is 62.8 Å². The quantitative estimate of drug-likeness (QED) is 0.215. The molecule has 33 heavy (non-hydrogen) atoms. The fourth-order valence-electron chi connectivity index (χ4n) is 5.63. The van der Waals surface area contributed by atoms with Crippen LogP contribution in [0.2, 0.25) is 0 Å². The molecule has 3 rings (SSSR count). The zero-order chi connectivity index (χ0) is 23.7. The third kappa shape index (κ3) is 8.32. The number of hydrogen-bond donors (Lipinski definition) is 0. The predicted molar refractivity (Wildman–Crippen MR) is 124 cm³/mol. The van der Waals surface area contributed by atoms with E-state index in [-0.39, 0.29) is 0 Å². The van der Waals surface area contributed by atoms with Crippen LogP contribution in [-0.2, 0) is 6.18 Å². The van der Waals surface area contributed by atoms with Gasteiger partial charge in [0, 0.05) is 0 Å². The van der Waals surface area contributed by atoms with Crippen LogP contribution in [0.1, 0.15) is 94.1 Å². The highest BCUT2D eigenvalue weighted by Gasteiger charge is 2.31. The van der Waals surface area contributed by atoms with Crippen molar-refractivity contribution in [2.24, 2.45) is 17.8 Å². The number of benzene rings is 1. The van der Waals surface area contributed by atoms with Gasteiger partial charge in [-0.05, 0) is 86.0 Å². The Hall–Kier alpha value is -2.09. The molecule has 0 atom stereocenters. The van der Waals surface area contributed by atoms with E-state index in [0.717, 1.165) is 49.0 Å². The molecule has 0 aromatic heterocycles. The molecule has 0 radical (unpaired) electrons. The molecule has 1 nitrogen and oxygen atoms in total. The van der Waals surface area contributed by atoms with E-state index in [9.17, 15) is 17.6 Å². The highest BCUT2D eigenvalue weighted by molar-refractivity contribution is 5.27. The highest BCUT2D eigenvalue weighted by atomic mass is 19.4. The number of halogens is 4. The van der Waals surface area contributed by atoms with E-state index in [1.54, 1.807) is 18.2 Å². The standard InChI is InChI=1S/C28H35F4N/c29-27(20-33)5-3-1-2-4-21-6-8-22(9-7-21)10-11-23-12-14-24(15-13-23)25-16-18-26(19-17-25)28(30,31)32/h1,3,5,16-19,21-24H,2,4,6-15H2/t21-,22-,23-,24-. The van der Waals surface area contributed by atoms with Crippen molar-refractivity contribution in [2.75, 3.05) is 0 Å². The van der Waals surface area contributed by atoms with Crippen molar-refractivity contribution in [3.63, 3.8) is 0 Å². The van der Waals surface area contributed by atoms with Crippen LogP contribution in [0.3, 0.4) is 0 Å². The molecule has 2 fully saturated rings. The summed E-state index contributed by atoms with van der Waals surface area (Å²) in [4.78, 5) is 0. The van der Waals surface area contributed by atoms with Crippen molar-refractivity contribution in [1.29, 1.82) is 5.26 Å². The second-order valence-electron chi connectivity index (χ2n) is 9.93. The van der Waals surface area contributed by atoms with E-state index >= 15 is 0 Å². The van der Waals surface area contributed by atoms with Crippen LogP contribution in [0.4, 0.5) is 17.6 Å². The van der Waals surface area contributed by atoms with E-state index in [1.165, 1.54) is 75.6 Å². The summed E-state index contributed by atoms with van der Waals surface area (Å²) in [7, 11) is 0. The summed E-state index contributed by atoms with van der Waals surface area (Å²) in [5.74, 6) is 2.01. The lowest BCUT2D eigenvalue weighted by Gasteiger charge is -2.32. The largest absolute Gasteiger partial charge is 0.416 e. The first-order valence-corrected chi connectivity index (χ1v) is 12.4. The summed E-state index contributed by atoms with van der Waals surface area (Å²) in [6.45, 7) is 0. The minimum absolute atomic E-state index is 0.403. The average molecular weight is 462 g/mol. The van der Waals surface area contributed by atoms with Crippen molar-refractivity contribution < 1.29 is 17.6 Å². The van der Waals surface area contributed by atoms with Crippen LogP contribution < -0.4 is 0 Å². The minimum atomic E-state index is -4.26. The van der Waals surface area contributed by atoms with Gasteiger partial charge >= 0.3 is 6.18 Å². The Morgan fingerprint density at radius 3 is 1.88 bits per heavy atom. The zero-order valence-corrected chi connectivity index (χ0v) is 19.3. The van der Waals surface area contributed by atoms with E-state index in [1.807, 2.05) is 6.08 Å². The number of allylic oxidation sites excluding steroid dienone is 4. The maximum Gasteiger partial charge on any atom is 0.416 e. The lowest BCUT2D eigenvalue weighted by molar-refractivity contribution is -0.137. The van der Waals surface area contributed by atoms with Crippen LogP contribution in [0.5, 0.6) is 0 Å². The number of nitriles is 1. The van der Waals surface area contributed by atoms with Gasteiger partial charge in [-0.3, -0.25) is 0 Å². The topological polar surface area (TPSA) is 23.8 Å². The number of rotatable bonds is 8. The monoisotopic (exact) mass is 461 g/mol. The normalized spacial score (nSPS) is 26.9. The fraction of sp³-hybridized carbons (Fsp3) is 0.607. The second-order valence-corrected chi connectivity index (χ2v) is 9.93. The molecule has 0 N–H and O–H groups in total. The lowest BCUT2D eigenvalue weighted by atomic mass is 9.74. The predicted octanol–water partition coefficient (Wildman–Crippen LogP) is 9.28. The number of nitrogens with zero attached hydrogens (tertiary/aromatic N) is 1. The summed E-state index contributed by atoms with van der Waals surface area (Å²) in [5, 5.41) is 8.38. The molecule has 0 spiro atoms. The molecule has 2 aliphatic carbocycles. The first-order valence-electron chi connectivity index (χ1n) is 12.4. The summed E-state index contributed by atoms with van der Waals surface area (Å²) in [6.07, 6.45) is 14.9. The van der Waals surface area contributed by atoms with Crippen molar-refractivity contribution >= 4 is 0 Å². The van der Waals surface area contributed by atoms with Gasteiger partial charge in [-0.15, -0.1) is 0 Å². The Morgan fingerprint density at radius 1 is 0.848 bits per heavy atom. The van der Waals surface area contributed by atoms with Gasteiger partial charge in [0.15, 0.2) is 5.83 Å². The fourth-order valence-corrected chi connectivity index (χ4v) is 5.63. The maximum atomic E-state index is 12.8. The molecule has 2 saturated carbocycles. The second kappa shape index (κ2) is 12.4. The average Bonchev–Trinajstić information content (AvgIpc) is 2.83. The third-order valence-electron chi connectivity index (χ3n) is 7.73. The lowest BCUT2D eigenvalue weighted by Crippen LogP contribution is -2.18. The van der Waals surface area contributed by atoms with E-state index < -0.39 is 17.6 Å². The van der Waals surface area contributed by atoms with Crippen LogP contribution >= 0.6 is 0 Å². The van der Waals surface area contributed by atoms with Gasteiger partial charge < -0.3 is 0 Å². The Morgan fingerprint density at radius 2 is 1.36 bits per heavy atom. The molecule has 0 saturated heterocycles. The van der Waals surface area contributed by atoms with Crippen molar-refractivity contribution in [1.82, 2.24) is 0 Å². The van der Waals surface area contributed by atoms with E-state index in [2.05, 4.69) is 0 Å². The molecular formula is C28H35F4N. The number of hydrogen-bond acceptors (Lipinski definition) is 1. The molecule has 1 aromatic rings. The Kier molecular flexibility index (Phi) is 9.59. The van der Waals surface area contributed by atoms with Crippen molar-refractivity contribution in [3.8, 4) is 6.07 Å². The van der Waals surface area contributed by atoms with E-state index in [0.29, 0.717) is 5.92 Å². The van der Waals surface area contributed by atoms with Crippen LogP contribution in [0, 0.1) is 29.1 Å². The molecular weight excluding hydrogens is 426 g/mol. The van der Waals surface area contributed by atoms with Gasteiger partial charge in [-0.2, -0.15) is 22.8 Å². The molecule has 0 amide bonds. The first-order chi connectivity index (χ1) is 15.8. The number of alkyl halides is 3. The van der Waals surface area contributed by atoms with Crippen LogP contribution in [0.25, 0.3) is 0 Å². The van der Waals surface area contributed by atoms with Crippen LogP contribution in [0.15, 0.2) is 48.3 Å². The molecule has 180 valence electrons. The zero-order valence-electron chi connectivity index (χ0n) is 19.3. The Balaban J connectivity index is 1.30. The Bertz CT molecular complexity index is 815. The van der Waals surface area contributed by atoms with Gasteiger partial charge in [-0.25, -0.2) is 0 Å². The summed E-state index contributed by atoms with van der Waals surface area (Å²) in [6, 6.07) is 7.25. The van der Waals surface area contributed by atoms with Crippen LogP contribution in [-0.4, -0.2) is 0 Å². The summed E-state index contributed by atoms with van der Waals surface area (Å²) < 4.78 is 51.0. The highest BCUT2D eigenvalue weighted by Crippen LogP contribution is 2.41. The third-order valence-corrected chi connectivity index (χ3v) is 7.73. The summed E-state index contributed by atoms with van der Waals surface area (Å²) in [5.41, 5.74) is 0.495. The van der Waals surface area contributed by atoms with Gasteiger partial charge in [0.25, 0.3) is 0 Å². The molecule has 0 aliphatic heterocycles. The molecule has 5 heteroatoms. The van der Waals surface area contributed by atoms with E-state index in [4.69, 9.17) is 5.26 Å². The smallest absolute Gasteiger partial charge is 0.195 e. The van der Waals surface area contributed by atoms with Gasteiger partial charge in [0.2, 0.25) is 0 Å². The van der Waals surface area contributed by atoms with Crippen molar-refractivity contribution in [2.45, 2.75) is 89.1 Å². The molecule has 2 aliphatic rings.